The number of amides is 1. The smallest absolute Gasteiger partial charge is 0.223 e. The molecule has 2 aliphatic rings. The largest absolute Gasteiger partial charge is 0.393 e. The highest BCUT2D eigenvalue weighted by molar-refractivity contribution is 6.36. The summed E-state index contributed by atoms with van der Waals surface area (Å²) in [5, 5.41) is 16.7. The lowest BCUT2D eigenvalue weighted by Crippen LogP contribution is -2.38. The molecule has 0 saturated heterocycles. The Hall–Kier alpha value is -2.69. The zero-order valence-electron chi connectivity index (χ0n) is 21.6. The highest BCUT2D eigenvalue weighted by atomic mass is 35.5. The fourth-order valence-corrected chi connectivity index (χ4v) is 5.82. The van der Waals surface area contributed by atoms with Crippen molar-refractivity contribution in [1.29, 1.82) is 0 Å². The number of nitrogens with two attached hydrogens (primary N) is 1. The molecule has 0 aliphatic heterocycles. The number of hydrogen-bond acceptors (Lipinski definition) is 5. The molecule has 38 heavy (non-hydrogen) atoms. The second-order valence-electron chi connectivity index (χ2n) is 10.5. The summed E-state index contributed by atoms with van der Waals surface area (Å²) in [6.07, 6.45) is 5.19. The highest BCUT2D eigenvalue weighted by Crippen LogP contribution is 2.44. The predicted molar refractivity (Wildman–Crippen MR) is 150 cm³/mol. The molecule has 1 aromatic heterocycles. The average molecular weight is 567 g/mol. The number of aliphatic hydroxyl groups is 1. The lowest BCUT2D eigenvalue weighted by atomic mass is 9.73. The summed E-state index contributed by atoms with van der Waals surface area (Å²) in [4.78, 5) is 25.5. The van der Waals surface area contributed by atoms with Crippen LogP contribution in [-0.4, -0.2) is 45.4 Å². The van der Waals surface area contributed by atoms with Crippen LogP contribution in [0.15, 0.2) is 22.1 Å². The minimum atomic E-state index is -0.611. The molecule has 1 amide bonds. The number of halogens is 3. The lowest BCUT2D eigenvalue weighted by molar-refractivity contribution is -0.128. The first-order valence-corrected chi connectivity index (χ1v) is 13.6. The van der Waals surface area contributed by atoms with Crippen LogP contribution in [0.1, 0.15) is 70.0 Å². The molecule has 0 spiro atoms. The van der Waals surface area contributed by atoms with Gasteiger partial charge in [-0.2, -0.15) is 0 Å². The number of carbonyl (C=O) groups excluding carboxylic acids is 1. The molecule has 1 heterocycles. The second kappa shape index (κ2) is 11.6. The Morgan fingerprint density at radius 3 is 2.61 bits per heavy atom. The number of carbonyl (C=O) groups is 1. The van der Waals surface area contributed by atoms with Gasteiger partial charge in [0.25, 0.3) is 0 Å². The van der Waals surface area contributed by atoms with E-state index >= 15 is 0 Å². The quantitative estimate of drug-likeness (QED) is 0.261. The number of nitrogens with one attached hydrogen (secondary N) is 2. The molecule has 0 unspecified atom stereocenters. The first-order chi connectivity index (χ1) is 18.0. The summed E-state index contributed by atoms with van der Waals surface area (Å²) in [5.41, 5.74) is 5.77. The standard InChI is InChI=1S/C26H34Cl2FN7O2/c1-14-22(35-24(31-3)33-16-5-4-6-18(37)13-16)36(17-7-9-26(2,10-8-17)23(30)38)25(32-14)34-21-19(28)11-15(27)12-20(21)29/h11-12,16-18,37H,3-10,13H2,1-2H3,(H2,30,38)(H,32,34)(H,33,35)/t16-,17?,18+,26?/m1/s1. The van der Waals surface area contributed by atoms with Gasteiger partial charge >= 0.3 is 0 Å². The van der Waals surface area contributed by atoms with Crippen molar-refractivity contribution in [2.45, 2.75) is 83.4 Å². The van der Waals surface area contributed by atoms with E-state index < -0.39 is 11.2 Å². The molecule has 2 aromatic rings. The van der Waals surface area contributed by atoms with Gasteiger partial charge in [-0.05, 0) is 77.1 Å². The summed E-state index contributed by atoms with van der Waals surface area (Å²) < 4.78 is 16.8. The van der Waals surface area contributed by atoms with Crippen molar-refractivity contribution in [3.8, 4) is 0 Å². The van der Waals surface area contributed by atoms with Crippen LogP contribution in [0.5, 0.6) is 0 Å². The Morgan fingerprint density at radius 2 is 2.00 bits per heavy atom. The van der Waals surface area contributed by atoms with E-state index in [2.05, 4.69) is 27.3 Å². The number of nitrogens with zero attached hydrogens (tertiary/aromatic N) is 4. The maximum Gasteiger partial charge on any atom is 0.223 e. The Kier molecular flexibility index (Phi) is 8.64. The number of benzene rings is 1. The van der Waals surface area contributed by atoms with Gasteiger partial charge in [-0.25, -0.2) is 19.4 Å². The number of aliphatic hydroxyl groups excluding tert-OH is 1. The van der Waals surface area contributed by atoms with Crippen LogP contribution in [-0.2, 0) is 4.79 Å². The number of anilines is 3. The third-order valence-corrected chi connectivity index (χ3v) is 8.17. The number of primary amides is 1. The second-order valence-corrected chi connectivity index (χ2v) is 11.3. The number of aryl methyl sites for hydroxylation is 1. The number of rotatable bonds is 6. The van der Waals surface area contributed by atoms with Gasteiger partial charge in [-0.3, -0.25) is 9.36 Å². The summed E-state index contributed by atoms with van der Waals surface area (Å²) in [6, 6.07) is 2.48. The number of aliphatic imine (C=N–C) groups is 2. The minimum Gasteiger partial charge on any atom is -0.393 e. The zero-order chi connectivity index (χ0) is 27.6. The SMILES string of the molecule is C=NC(=N[C@@H]1CCC[C@H](O)C1)Nc1c(C)nc(Nc2c(F)cc(Cl)cc2Cl)n1C1CCC(C)(C(N)=O)CC1. The summed E-state index contributed by atoms with van der Waals surface area (Å²) in [7, 11) is 0. The van der Waals surface area contributed by atoms with E-state index in [4.69, 9.17) is 33.9 Å². The van der Waals surface area contributed by atoms with Crippen molar-refractivity contribution in [1.82, 2.24) is 9.55 Å². The Morgan fingerprint density at radius 1 is 1.29 bits per heavy atom. The highest BCUT2D eigenvalue weighted by Gasteiger charge is 2.38. The van der Waals surface area contributed by atoms with Crippen LogP contribution in [0.4, 0.5) is 21.8 Å². The zero-order valence-corrected chi connectivity index (χ0v) is 23.1. The van der Waals surface area contributed by atoms with E-state index in [9.17, 15) is 14.3 Å². The van der Waals surface area contributed by atoms with E-state index in [0.29, 0.717) is 55.5 Å². The molecular formula is C26H34Cl2FN7O2. The summed E-state index contributed by atoms with van der Waals surface area (Å²) in [6.45, 7) is 7.39. The van der Waals surface area contributed by atoms with Crippen molar-refractivity contribution in [3.63, 3.8) is 0 Å². The molecule has 2 saturated carbocycles. The van der Waals surface area contributed by atoms with Crippen molar-refractivity contribution in [3.05, 3.63) is 33.7 Å². The molecule has 2 atom stereocenters. The molecule has 2 fully saturated rings. The van der Waals surface area contributed by atoms with E-state index in [1.165, 1.54) is 12.1 Å². The van der Waals surface area contributed by atoms with Gasteiger partial charge in [0.05, 0.1) is 28.5 Å². The first-order valence-electron chi connectivity index (χ1n) is 12.8. The molecule has 9 nitrogen and oxygen atoms in total. The van der Waals surface area contributed by atoms with Crippen molar-refractivity contribution < 1.29 is 14.3 Å². The summed E-state index contributed by atoms with van der Waals surface area (Å²) >= 11 is 12.3. The van der Waals surface area contributed by atoms with Crippen molar-refractivity contribution in [2.24, 2.45) is 21.1 Å². The van der Waals surface area contributed by atoms with Crippen LogP contribution < -0.4 is 16.4 Å². The monoisotopic (exact) mass is 565 g/mol. The molecule has 0 bridgehead atoms. The van der Waals surface area contributed by atoms with E-state index in [-0.39, 0.29) is 39.8 Å². The normalized spacial score (nSPS) is 26.2. The Labute approximate surface area is 231 Å². The minimum absolute atomic E-state index is 0.0542. The van der Waals surface area contributed by atoms with Gasteiger partial charge in [-0.15, -0.1) is 0 Å². The third-order valence-electron chi connectivity index (χ3n) is 7.65. The Bertz CT molecular complexity index is 1220. The van der Waals surface area contributed by atoms with E-state index in [1.54, 1.807) is 0 Å². The molecule has 0 radical (unpaired) electrons. The third kappa shape index (κ3) is 6.13. The first kappa shape index (κ1) is 28.3. The van der Waals surface area contributed by atoms with Gasteiger partial charge in [-0.1, -0.05) is 30.1 Å². The van der Waals surface area contributed by atoms with Gasteiger partial charge < -0.3 is 21.5 Å². The molecule has 2 aliphatic carbocycles. The lowest BCUT2D eigenvalue weighted by Gasteiger charge is -2.36. The van der Waals surface area contributed by atoms with Gasteiger partial charge in [0.1, 0.15) is 11.6 Å². The predicted octanol–water partition coefficient (Wildman–Crippen LogP) is 5.76. The van der Waals surface area contributed by atoms with Gasteiger partial charge in [0.15, 0.2) is 0 Å². The fraction of sp³-hybridized carbons (Fsp3) is 0.538. The van der Waals surface area contributed by atoms with Gasteiger partial charge in [0, 0.05) is 16.5 Å². The maximum absolute atomic E-state index is 14.8. The number of aromatic nitrogens is 2. The number of hydrogen-bond donors (Lipinski definition) is 4. The van der Waals surface area contributed by atoms with Crippen LogP contribution in [0.3, 0.4) is 0 Å². The number of guanidine groups is 1. The van der Waals surface area contributed by atoms with Crippen LogP contribution in [0.2, 0.25) is 10.0 Å². The molecular weight excluding hydrogens is 532 g/mol. The topological polar surface area (TPSA) is 130 Å². The summed E-state index contributed by atoms with van der Waals surface area (Å²) in [5.74, 6) is 0.378. The van der Waals surface area contributed by atoms with Crippen molar-refractivity contribution >= 4 is 59.2 Å². The van der Waals surface area contributed by atoms with E-state index in [1.807, 2.05) is 18.4 Å². The number of imidazole rings is 1. The molecule has 1 aromatic carbocycles. The van der Waals surface area contributed by atoms with Gasteiger partial charge in [0.2, 0.25) is 17.8 Å². The van der Waals surface area contributed by atoms with E-state index in [0.717, 1.165) is 19.3 Å². The fourth-order valence-electron chi connectivity index (χ4n) is 5.31. The molecule has 4 rings (SSSR count). The van der Waals surface area contributed by atoms with Crippen molar-refractivity contribution in [2.75, 3.05) is 10.6 Å². The average Bonchev–Trinajstić information content (AvgIpc) is 3.15. The maximum atomic E-state index is 14.8. The van der Waals surface area contributed by atoms with Crippen LogP contribution in [0, 0.1) is 18.2 Å². The Balaban J connectivity index is 1.71. The molecule has 206 valence electrons. The van der Waals surface area contributed by atoms with Crippen LogP contribution in [0.25, 0.3) is 0 Å². The molecule has 12 heteroatoms. The molecule has 5 N–H and O–H groups in total. The van der Waals surface area contributed by atoms with Crippen LogP contribution >= 0.6 is 23.2 Å².